The number of aliphatic hydroxyl groups is 3. The zero-order valence-electron chi connectivity index (χ0n) is 14.2. The lowest BCUT2D eigenvalue weighted by atomic mass is 9.87. The van der Waals surface area contributed by atoms with Crippen LogP contribution in [0, 0.1) is 5.92 Å². The maximum Gasteiger partial charge on any atom is 0.335 e. The summed E-state index contributed by atoms with van der Waals surface area (Å²) in [6.45, 7) is 10.7. The van der Waals surface area contributed by atoms with Crippen LogP contribution >= 0.6 is 0 Å². The van der Waals surface area contributed by atoms with E-state index in [2.05, 4.69) is 0 Å². The molecule has 7 heteroatoms. The van der Waals surface area contributed by atoms with Crippen molar-refractivity contribution in [3.8, 4) is 0 Å². The largest absolute Gasteiger partial charge is 0.479 e. The summed E-state index contributed by atoms with van der Waals surface area (Å²) < 4.78 is 10.6. The zero-order chi connectivity index (χ0) is 17.7. The second-order valence-corrected chi connectivity index (χ2v) is 6.14. The number of rotatable bonds is 5. The Morgan fingerprint density at radius 1 is 1.23 bits per heavy atom. The van der Waals surface area contributed by atoms with Crippen molar-refractivity contribution in [1.29, 1.82) is 0 Å². The van der Waals surface area contributed by atoms with Gasteiger partial charge in [0.15, 0.2) is 6.10 Å². The van der Waals surface area contributed by atoms with Gasteiger partial charge >= 0.3 is 5.97 Å². The average Bonchev–Trinajstić information content (AvgIpc) is 2.40. The number of carboxylic acids is 1. The number of hydrogen-bond acceptors (Lipinski definition) is 6. The predicted octanol–water partition coefficient (Wildman–Crippen LogP) is 0.398. The van der Waals surface area contributed by atoms with Crippen LogP contribution in [0.3, 0.4) is 0 Å². The molecule has 0 aromatic carbocycles. The molecule has 1 saturated heterocycles. The Morgan fingerprint density at radius 2 is 1.73 bits per heavy atom. The van der Waals surface area contributed by atoms with E-state index in [0.717, 1.165) is 0 Å². The van der Waals surface area contributed by atoms with Crippen LogP contribution in [0.2, 0.25) is 0 Å². The third kappa shape index (κ3) is 5.48. The molecule has 1 aliphatic rings. The first kappa shape index (κ1) is 21.3. The Morgan fingerprint density at radius 3 is 2.09 bits per heavy atom. The van der Waals surface area contributed by atoms with Crippen molar-refractivity contribution in [2.75, 3.05) is 6.61 Å². The Kier molecular flexibility index (Phi) is 8.49. The molecule has 0 aliphatic carbocycles. The summed E-state index contributed by atoms with van der Waals surface area (Å²) in [4.78, 5) is 11.3. The van der Waals surface area contributed by atoms with Gasteiger partial charge in [0.2, 0.25) is 0 Å². The topological polar surface area (TPSA) is 116 Å². The lowest BCUT2D eigenvalue weighted by Gasteiger charge is -2.45. The third-order valence-electron chi connectivity index (χ3n) is 3.15. The van der Waals surface area contributed by atoms with Crippen LogP contribution < -0.4 is 0 Å². The van der Waals surface area contributed by atoms with E-state index in [1.165, 1.54) is 13.8 Å². The van der Waals surface area contributed by atoms with Gasteiger partial charge < -0.3 is 29.9 Å². The molecule has 0 saturated carbocycles. The lowest BCUT2D eigenvalue weighted by Crippen LogP contribution is -2.65. The molecule has 1 heterocycles. The normalized spacial score (nSPS) is 32.4. The average molecular weight is 322 g/mol. The Bertz CT molecular complexity index is 337. The van der Waals surface area contributed by atoms with E-state index in [9.17, 15) is 25.2 Å². The van der Waals surface area contributed by atoms with Gasteiger partial charge in [-0.25, -0.2) is 4.79 Å². The molecule has 1 aliphatic heterocycles. The maximum atomic E-state index is 11.3. The van der Waals surface area contributed by atoms with Crippen LogP contribution in [-0.2, 0) is 14.3 Å². The summed E-state index contributed by atoms with van der Waals surface area (Å²) in [5, 5.41) is 39.2. The highest BCUT2D eigenvalue weighted by molar-refractivity contribution is 5.73. The number of hydrogen-bond donors (Lipinski definition) is 4. The molecule has 7 nitrogen and oxygen atoms in total. The molecule has 4 N–H and O–H groups in total. The quantitative estimate of drug-likeness (QED) is 0.579. The van der Waals surface area contributed by atoms with Crippen molar-refractivity contribution < 1.29 is 34.7 Å². The van der Waals surface area contributed by atoms with Crippen LogP contribution in [0.25, 0.3) is 0 Å². The number of aliphatic hydroxyl groups excluding tert-OH is 2. The van der Waals surface area contributed by atoms with Gasteiger partial charge in [-0.2, -0.15) is 0 Å². The summed E-state index contributed by atoms with van der Waals surface area (Å²) in [6, 6.07) is 0. The third-order valence-corrected chi connectivity index (χ3v) is 3.15. The highest BCUT2D eigenvalue weighted by atomic mass is 16.6. The minimum atomic E-state index is -1.49. The predicted molar refractivity (Wildman–Crippen MR) is 80.5 cm³/mol. The highest BCUT2D eigenvalue weighted by Gasteiger charge is 2.52. The monoisotopic (exact) mass is 322 g/mol. The van der Waals surface area contributed by atoms with Crippen molar-refractivity contribution in [2.24, 2.45) is 5.92 Å². The van der Waals surface area contributed by atoms with E-state index < -0.39 is 42.1 Å². The molecule has 0 spiro atoms. The summed E-state index contributed by atoms with van der Waals surface area (Å²) in [6.07, 6.45) is -6.70. The smallest absolute Gasteiger partial charge is 0.335 e. The van der Waals surface area contributed by atoms with E-state index in [4.69, 9.17) is 9.47 Å². The van der Waals surface area contributed by atoms with Gasteiger partial charge in [-0.05, 0) is 19.8 Å². The van der Waals surface area contributed by atoms with Crippen LogP contribution in [-0.4, -0.2) is 69.1 Å². The highest BCUT2D eigenvalue weighted by Crippen LogP contribution is 2.30. The van der Waals surface area contributed by atoms with Gasteiger partial charge in [0.05, 0.1) is 5.60 Å². The van der Waals surface area contributed by atoms with Crippen LogP contribution in [0.4, 0.5) is 0 Å². The molecule has 0 amide bonds. The summed E-state index contributed by atoms with van der Waals surface area (Å²) >= 11 is 0. The van der Waals surface area contributed by atoms with Crippen molar-refractivity contribution in [2.45, 2.75) is 77.7 Å². The fourth-order valence-corrected chi connectivity index (χ4v) is 2.14. The molecule has 5 atom stereocenters. The molecule has 132 valence electrons. The summed E-state index contributed by atoms with van der Waals surface area (Å²) in [5.74, 6) is -1.17. The first-order valence-electron chi connectivity index (χ1n) is 7.64. The Balaban J connectivity index is 0.00000211. The molecule has 0 aromatic heterocycles. The first-order chi connectivity index (χ1) is 10.1. The van der Waals surface area contributed by atoms with Crippen LogP contribution in [0.1, 0.15) is 41.5 Å². The van der Waals surface area contributed by atoms with Crippen molar-refractivity contribution >= 4 is 5.97 Å². The molecule has 4 unspecified atom stereocenters. The maximum absolute atomic E-state index is 11.3. The Hall–Kier alpha value is -0.730. The van der Waals surface area contributed by atoms with Gasteiger partial charge in [-0.15, -0.1) is 0 Å². The standard InChI is InChI=1S/C13H24O7.C2H6/c1-6(2)5-19-9-7(14)8(15)11(13(3,4)18)20-10(9)12(16)17;1-2/h6-11,14-15,18H,5H2,1-4H3,(H,16,17);1-2H3/t7?,8?,9-,10?,11?;/m0./s1. The van der Waals surface area contributed by atoms with Gasteiger partial charge in [-0.1, -0.05) is 27.7 Å². The van der Waals surface area contributed by atoms with Crippen LogP contribution in [0.5, 0.6) is 0 Å². The molecule has 1 fully saturated rings. The summed E-state index contributed by atoms with van der Waals surface area (Å²) in [5.41, 5.74) is -1.49. The van der Waals surface area contributed by atoms with E-state index in [-0.39, 0.29) is 12.5 Å². The minimum Gasteiger partial charge on any atom is -0.479 e. The SMILES string of the molecule is CC.CC(C)CO[C@@H]1C(C(=O)O)OC(C(C)(C)O)C(O)C1O. The fraction of sp³-hybridized carbons (Fsp3) is 0.933. The van der Waals surface area contributed by atoms with Gasteiger partial charge in [0.1, 0.15) is 24.4 Å². The second kappa shape index (κ2) is 8.79. The van der Waals surface area contributed by atoms with Crippen molar-refractivity contribution in [3.63, 3.8) is 0 Å². The molecular weight excluding hydrogens is 292 g/mol. The van der Waals surface area contributed by atoms with Crippen LogP contribution in [0.15, 0.2) is 0 Å². The second-order valence-electron chi connectivity index (χ2n) is 6.14. The summed E-state index contributed by atoms with van der Waals surface area (Å²) in [7, 11) is 0. The molecular formula is C15H30O7. The number of carbonyl (C=O) groups is 1. The zero-order valence-corrected chi connectivity index (χ0v) is 14.2. The number of carboxylic acid groups (broad SMARTS) is 1. The van der Waals surface area contributed by atoms with Gasteiger partial charge in [-0.3, -0.25) is 0 Å². The van der Waals surface area contributed by atoms with E-state index >= 15 is 0 Å². The van der Waals surface area contributed by atoms with Gasteiger partial charge in [0.25, 0.3) is 0 Å². The molecule has 22 heavy (non-hydrogen) atoms. The molecule has 1 rings (SSSR count). The van der Waals surface area contributed by atoms with E-state index in [1.54, 1.807) is 0 Å². The molecule has 0 bridgehead atoms. The Labute approximate surface area is 131 Å². The molecule has 0 radical (unpaired) electrons. The molecule has 0 aromatic rings. The number of aliphatic carboxylic acids is 1. The fourth-order valence-electron chi connectivity index (χ4n) is 2.14. The minimum absolute atomic E-state index is 0.140. The van der Waals surface area contributed by atoms with Crippen molar-refractivity contribution in [1.82, 2.24) is 0 Å². The van der Waals surface area contributed by atoms with Crippen molar-refractivity contribution in [3.05, 3.63) is 0 Å². The lowest BCUT2D eigenvalue weighted by molar-refractivity contribution is -0.267. The van der Waals surface area contributed by atoms with E-state index in [1.807, 2.05) is 27.7 Å². The van der Waals surface area contributed by atoms with E-state index in [0.29, 0.717) is 0 Å². The van der Waals surface area contributed by atoms with Gasteiger partial charge in [0, 0.05) is 6.61 Å². The number of ether oxygens (including phenoxy) is 2. The first-order valence-corrected chi connectivity index (χ1v) is 7.64.